The van der Waals surface area contributed by atoms with Gasteiger partial charge in [-0.3, -0.25) is 0 Å². The molecule has 0 aromatic heterocycles. The predicted molar refractivity (Wildman–Crippen MR) is 59.2 cm³/mol. The molecule has 16 heavy (non-hydrogen) atoms. The van der Waals surface area contributed by atoms with Crippen LogP contribution in [0, 0.1) is 0 Å². The molecule has 0 atom stereocenters. The normalized spacial score (nSPS) is 11.2. The van der Waals surface area contributed by atoms with Gasteiger partial charge in [0, 0.05) is 0 Å². The van der Waals surface area contributed by atoms with E-state index in [1.54, 1.807) is 12.1 Å². The molecule has 0 amide bonds. The quantitative estimate of drug-likeness (QED) is 0.667. The molecule has 1 aromatic carbocycles. The maximum atomic E-state index is 10.5. The summed E-state index contributed by atoms with van der Waals surface area (Å²) in [6.45, 7) is 1.50. The van der Waals surface area contributed by atoms with Crippen molar-refractivity contribution in [1.82, 2.24) is 0 Å². The van der Waals surface area contributed by atoms with Crippen LogP contribution in [-0.2, 0) is 0 Å². The lowest BCUT2D eigenvalue weighted by Gasteiger charge is -2.23. The molecule has 0 saturated heterocycles. The third-order valence-corrected chi connectivity index (χ3v) is 2.12. The van der Waals surface area contributed by atoms with Crippen LogP contribution in [0.5, 0.6) is 5.75 Å². The van der Waals surface area contributed by atoms with Crippen LogP contribution in [0.3, 0.4) is 0 Å². The van der Waals surface area contributed by atoms with Gasteiger partial charge in [-0.2, -0.15) is 0 Å². The monoisotopic (exact) mass is 223 g/mol. The maximum Gasteiger partial charge on any atom is 0.137 e. The van der Waals surface area contributed by atoms with E-state index in [4.69, 9.17) is 4.74 Å². The van der Waals surface area contributed by atoms with E-state index in [0.29, 0.717) is 12.4 Å². The highest BCUT2D eigenvalue weighted by molar-refractivity contribution is 5.85. The van der Waals surface area contributed by atoms with Crippen LogP contribution in [0.25, 0.3) is 0 Å². The predicted octanol–water partition coefficient (Wildman–Crippen LogP) is 0.135. The molecule has 0 unspecified atom stereocenters. The Labute approximate surface area is 95.7 Å². The standard InChI is InChI=1S/C12H17NO3/c1-13(2,3)8-9-16-11-6-4-10(5-7-11)12(14)15/h4-7H,8-9H2,1-3H3. The Morgan fingerprint density at radius 1 is 1.25 bits per heavy atom. The van der Waals surface area contributed by atoms with Gasteiger partial charge in [-0.25, -0.2) is 0 Å². The smallest absolute Gasteiger partial charge is 0.137 e. The van der Waals surface area contributed by atoms with E-state index in [-0.39, 0.29) is 5.56 Å². The largest absolute Gasteiger partial charge is 0.545 e. The zero-order valence-electron chi connectivity index (χ0n) is 9.90. The summed E-state index contributed by atoms with van der Waals surface area (Å²) < 4.78 is 6.32. The number of hydrogen-bond donors (Lipinski definition) is 0. The zero-order chi connectivity index (χ0) is 12.2. The van der Waals surface area contributed by atoms with Crippen molar-refractivity contribution in [2.75, 3.05) is 34.3 Å². The number of rotatable bonds is 5. The third kappa shape index (κ3) is 4.31. The van der Waals surface area contributed by atoms with Gasteiger partial charge in [-0.05, 0) is 29.8 Å². The van der Waals surface area contributed by atoms with Crippen LogP contribution in [-0.4, -0.2) is 44.7 Å². The van der Waals surface area contributed by atoms with E-state index in [0.717, 1.165) is 11.0 Å². The minimum atomic E-state index is -1.17. The maximum absolute atomic E-state index is 10.5. The number of carbonyl (C=O) groups excluding carboxylic acids is 1. The minimum absolute atomic E-state index is 0.166. The lowest BCUT2D eigenvalue weighted by Crippen LogP contribution is -2.38. The lowest BCUT2D eigenvalue weighted by atomic mass is 10.2. The summed E-state index contributed by atoms with van der Waals surface area (Å²) in [5.41, 5.74) is 0.166. The molecule has 1 rings (SSSR count). The Morgan fingerprint density at radius 3 is 2.25 bits per heavy atom. The van der Waals surface area contributed by atoms with Crippen LogP contribution in [0.2, 0.25) is 0 Å². The van der Waals surface area contributed by atoms with E-state index in [1.165, 1.54) is 12.1 Å². The first-order valence-corrected chi connectivity index (χ1v) is 5.13. The van der Waals surface area contributed by atoms with Crippen molar-refractivity contribution < 1.29 is 19.1 Å². The van der Waals surface area contributed by atoms with E-state index < -0.39 is 5.97 Å². The third-order valence-electron chi connectivity index (χ3n) is 2.12. The van der Waals surface area contributed by atoms with Crippen molar-refractivity contribution in [3.05, 3.63) is 29.8 Å². The molecule has 0 aliphatic heterocycles. The van der Waals surface area contributed by atoms with Crippen molar-refractivity contribution in [2.24, 2.45) is 0 Å². The molecular weight excluding hydrogens is 206 g/mol. The number of nitrogens with zero attached hydrogens (tertiary/aromatic N) is 1. The molecule has 0 saturated carbocycles. The fourth-order valence-electron chi connectivity index (χ4n) is 1.12. The topological polar surface area (TPSA) is 49.4 Å². The number of ether oxygens (including phenoxy) is 1. The molecule has 88 valence electrons. The Hall–Kier alpha value is -1.55. The highest BCUT2D eigenvalue weighted by Crippen LogP contribution is 2.11. The summed E-state index contributed by atoms with van der Waals surface area (Å²) in [4.78, 5) is 10.5. The Kier molecular flexibility index (Phi) is 3.90. The second-order valence-corrected chi connectivity index (χ2v) is 4.67. The van der Waals surface area contributed by atoms with Gasteiger partial charge >= 0.3 is 0 Å². The van der Waals surface area contributed by atoms with Crippen molar-refractivity contribution in [3.63, 3.8) is 0 Å². The average Bonchev–Trinajstić information content (AvgIpc) is 2.16. The molecule has 4 heteroatoms. The molecule has 0 aliphatic carbocycles. The average molecular weight is 223 g/mol. The molecule has 0 heterocycles. The van der Waals surface area contributed by atoms with E-state index in [2.05, 4.69) is 21.1 Å². The number of carboxylic acids is 1. The molecule has 0 N–H and O–H groups in total. The molecule has 0 radical (unpaired) electrons. The molecule has 1 aromatic rings. The summed E-state index contributed by atoms with van der Waals surface area (Å²) in [6.07, 6.45) is 0. The first-order chi connectivity index (χ1) is 7.38. The number of quaternary nitrogens is 1. The van der Waals surface area contributed by atoms with Crippen LogP contribution in [0.1, 0.15) is 10.4 Å². The summed E-state index contributed by atoms with van der Waals surface area (Å²) >= 11 is 0. The molecule has 0 aliphatic rings. The number of carbonyl (C=O) groups is 1. The fourth-order valence-corrected chi connectivity index (χ4v) is 1.12. The van der Waals surface area contributed by atoms with Crippen molar-refractivity contribution >= 4 is 5.97 Å². The number of benzene rings is 1. The molecular formula is C12H17NO3. The summed E-state index contributed by atoms with van der Waals surface area (Å²) in [7, 11) is 6.26. The lowest BCUT2D eigenvalue weighted by molar-refractivity contribution is -0.870. The van der Waals surface area contributed by atoms with E-state index >= 15 is 0 Å². The first-order valence-electron chi connectivity index (χ1n) is 5.13. The fraction of sp³-hybridized carbons (Fsp3) is 0.417. The highest BCUT2D eigenvalue weighted by Gasteiger charge is 2.06. The second-order valence-electron chi connectivity index (χ2n) is 4.67. The van der Waals surface area contributed by atoms with Gasteiger partial charge in [0.2, 0.25) is 0 Å². The van der Waals surface area contributed by atoms with Gasteiger partial charge in [0.15, 0.2) is 0 Å². The number of likely N-dealkylation sites (N-methyl/N-ethyl adjacent to an activating group) is 1. The van der Waals surface area contributed by atoms with Gasteiger partial charge in [0.1, 0.15) is 18.9 Å². The molecule has 0 spiro atoms. The number of aromatic carboxylic acids is 1. The molecule has 0 bridgehead atoms. The first kappa shape index (κ1) is 12.5. The van der Waals surface area contributed by atoms with Gasteiger partial charge in [0.05, 0.1) is 27.1 Å². The van der Waals surface area contributed by atoms with Crippen molar-refractivity contribution in [3.8, 4) is 5.75 Å². The van der Waals surface area contributed by atoms with Crippen LogP contribution in [0.4, 0.5) is 0 Å². The van der Waals surface area contributed by atoms with Crippen LogP contribution < -0.4 is 9.84 Å². The summed E-state index contributed by atoms with van der Waals surface area (Å²) in [5, 5.41) is 10.5. The van der Waals surface area contributed by atoms with E-state index in [9.17, 15) is 9.90 Å². The van der Waals surface area contributed by atoms with Crippen LogP contribution >= 0.6 is 0 Å². The molecule has 0 fully saturated rings. The number of hydrogen-bond acceptors (Lipinski definition) is 3. The van der Waals surface area contributed by atoms with Gasteiger partial charge in [-0.15, -0.1) is 0 Å². The van der Waals surface area contributed by atoms with Crippen molar-refractivity contribution in [1.29, 1.82) is 0 Å². The van der Waals surface area contributed by atoms with Gasteiger partial charge in [0.25, 0.3) is 0 Å². The van der Waals surface area contributed by atoms with E-state index in [1.807, 2.05) is 0 Å². The minimum Gasteiger partial charge on any atom is -0.545 e. The molecule has 4 nitrogen and oxygen atoms in total. The second kappa shape index (κ2) is 4.99. The zero-order valence-corrected chi connectivity index (χ0v) is 9.90. The van der Waals surface area contributed by atoms with Crippen molar-refractivity contribution in [2.45, 2.75) is 0 Å². The Bertz CT molecular complexity index is 352. The number of carboxylic acid groups (broad SMARTS) is 1. The Balaban J connectivity index is 2.47. The SMILES string of the molecule is C[N+](C)(C)CCOc1ccc(C(=O)[O-])cc1. The van der Waals surface area contributed by atoms with Crippen LogP contribution in [0.15, 0.2) is 24.3 Å². The highest BCUT2D eigenvalue weighted by atomic mass is 16.5. The van der Waals surface area contributed by atoms with Gasteiger partial charge < -0.3 is 19.1 Å². The van der Waals surface area contributed by atoms with Gasteiger partial charge in [-0.1, -0.05) is 0 Å². The summed E-state index contributed by atoms with van der Waals surface area (Å²) in [6, 6.07) is 6.24. The Morgan fingerprint density at radius 2 is 1.81 bits per heavy atom. The summed E-state index contributed by atoms with van der Waals surface area (Å²) in [5.74, 6) is -0.489.